The highest BCUT2D eigenvalue weighted by Gasteiger charge is 2.15. The number of carbonyl (C=O) groups excluding carboxylic acids is 2. The molecule has 2 amide bonds. The van der Waals surface area contributed by atoms with Crippen molar-refractivity contribution in [1.29, 1.82) is 0 Å². The first-order valence-corrected chi connectivity index (χ1v) is 10.6. The number of anilines is 1. The molecule has 2 heterocycles. The van der Waals surface area contributed by atoms with Crippen LogP contribution in [0.2, 0.25) is 5.02 Å². The molecule has 0 aliphatic heterocycles. The van der Waals surface area contributed by atoms with Crippen molar-refractivity contribution in [2.75, 3.05) is 19.0 Å². The second-order valence-corrected chi connectivity index (χ2v) is 7.90. The molecule has 0 spiro atoms. The molecule has 0 saturated heterocycles. The van der Waals surface area contributed by atoms with Crippen molar-refractivity contribution >= 4 is 40.0 Å². The number of hydrogen-bond acceptors (Lipinski definition) is 5. The Morgan fingerprint density at radius 2 is 1.97 bits per heavy atom. The Kier molecular flexibility index (Phi) is 6.67. The lowest BCUT2D eigenvalue weighted by Gasteiger charge is -2.11. The number of aromatic nitrogens is 3. The first-order valence-electron chi connectivity index (χ1n) is 10.2. The minimum Gasteiger partial charge on any atom is -0.375 e. The van der Waals surface area contributed by atoms with Gasteiger partial charge in [-0.25, -0.2) is 4.68 Å². The lowest BCUT2D eigenvalue weighted by molar-refractivity contribution is -0.124. The third-order valence-corrected chi connectivity index (χ3v) is 5.34. The molecule has 4 aromatic rings. The summed E-state index contributed by atoms with van der Waals surface area (Å²) in [4.78, 5) is 28.9. The van der Waals surface area contributed by atoms with Crippen LogP contribution >= 0.6 is 11.6 Å². The van der Waals surface area contributed by atoms with E-state index in [9.17, 15) is 9.59 Å². The number of halogens is 1. The molecule has 0 saturated carbocycles. The second kappa shape index (κ2) is 9.81. The number of amides is 2. The van der Waals surface area contributed by atoms with Gasteiger partial charge in [-0.3, -0.25) is 14.6 Å². The van der Waals surface area contributed by atoms with E-state index in [0.717, 1.165) is 27.7 Å². The number of aryl methyl sites for hydroxylation is 1. The van der Waals surface area contributed by atoms with Crippen LogP contribution in [0.5, 0.6) is 0 Å². The molecule has 168 valence electrons. The van der Waals surface area contributed by atoms with Gasteiger partial charge >= 0.3 is 0 Å². The van der Waals surface area contributed by atoms with Crippen molar-refractivity contribution in [3.05, 3.63) is 82.8 Å². The Balaban J connectivity index is 1.58. The van der Waals surface area contributed by atoms with Gasteiger partial charge in [0.15, 0.2) is 0 Å². The van der Waals surface area contributed by atoms with E-state index in [4.69, 9.17) is 16.3 Å². The standard InChI is InChI=1S/C24H22ClN5O3/c1-15-8-17(12-26-10-15)30-22-5-3-4-21(19(22)13-28-30)29-24(32)18-9-16(6-7-20(18)25)11-27-23(31)14-33-2/h3-10,12-13H,11,14H2,1-2H3,(H,27,31)(H,29,32). The number of rotatable bonds is 7. The van der Waals surface area contributed by atoms with Crippen molar-refractivity contribution in [1.82, 2.24) is 20.1 Å². The average Bonchev–Trinajstić information content (AvgIpc) is 3.24. The van der Waals surface area contributed by atoms with E-state index in [1.165, 1.54) is 7.11 Å². The third kappa shape index (κ3) is 5.02. The van der Waals surface area contributed by atoms with E-state index < -0.39 is 0 Å². The Morgan fingerprint density at radius 1 is 1.12 bits per heavy atom. The van der Waals surface area contributed by atoms with Crippen LogP contribution in [0.1, 0.15) is 21.5 Å². The maximum absolute atomic E-state index is 13.1. The summed E-state index contributed by atoms with van der Waals surface area (Å²) < 4.78 is 6.58. The van der Waals surface area contributed by atoms with E-state index >= 15 is 0 Å². The highest BCUT2D eigenvalue weighted by Crippen LogP contribution is 2.27. The first kappa shape index (κ1) is 22.4. The van der Waals surface area contributed by atoms with Gasteiger partial charge in [0.05, 0.1) is 39.9 Å². The topological polar surface area (TPSA) is 98.1 Å². The molecule has 0 atom stereocenters. The van der Waals surface area contributed by atoms with Gasteiger partial charge in [-0.2, -0.15) is 5.10 Å². The molecular formula is C24H22ClN5O3. The van der Waals surface area contributed by atoms with Crippen LogP contribution < -0.4 is 10.6 Å². The van der Waals surface area contributed by atoms with Gasteiger partial charge in [0.1, 0.15) is 6.61 Å². The van der Waals surface area contributed by atoms with E-state index in [-0.39, 0.29) is 25.0 Å². The molecule has 0 aliphatic rings. The van der Waals surface area contributed by atoms with Crippen molar-refractivity contribution in [2.45, 2.75) is 13.5 Å². The molecule has 0 aliphatic carbocycles. The second-order valence-electron chi connectivity index (χ2n) is 7.49. The summed E-state index contributed by atoms with van der Waals surface area (Å²) >= 11 is 6.30. The summed E-state index contributed by atoms with van der Waals surface area (Å²) in [7, 11) is 1.45. The van der Waals surface area contributed by atoms with Crippen LogP contribution in [0.25, 0.3) is 16.6 Å². The maximum Gasteiger partial charge on any atom is 0.257 e. The first-order chi connectivity index (χ1) is 16.0. The fourth-order valence-corrected chi connectivity index (χ4v) is 3.65. The Morgan fingerprint density at radius 3 is 2.76 bits per heavy atom. The molecule has 4 rings (SSSR count). The van der Waals surface area contributed by atoms with Crippen LogP contribution in [-0.4, -0.2) is 40.3 Å². The molecule has 0 unspecified atom stereocenters. The summed E-state index contributed by atoms with van der Waals surface area (Å²) in [5, 5.41) is 11.2. The van der Waals surface area contributed by atoms with E-state index in [0.29, 0.717) is 16.3 Å². The number of pyridine rings is 1. The summed E-state index contributed by atoms with van der Waals surface area (Å²) in [6.45, 7) is 2.19. The SMILES string of the molecule is COCC(=O)NCc1ccc(Cl)c(C(=O)Nc2cccc3c2cnn3-c2cncc(C)c2)c1. The van der Waals surface area contributed by atoms with Gasteiger partial charge < -0.3 is 15.4 Å². The van der Waals surface area contributed by atoms with Crippen molar-refractivity contribution in [3.8, 4) is 5.69 Å². The highest BCUT2D eigenvalue weighted by atomic mass is 35.5. The van der Waals surface area contributed by atoms with Gasteiger partial charge in [0.25, 0.3) is 5.91 Å². The monoisotopic (exact) mass is 463 g/mol. The van der Waals surface area contributed by atoms with Gasteiger partial charge in [0, 0.05) is 25.2 Å². The minimum atomic E-state index is -0.359. The fraction of sp³-hybridized carbons (Fsp3) is 0.167. The van der Waals surface area contributed by atoms with E-state index in [2.05, 4.69) is 20.7 Å². The number of nitrogens with one attached hydrogen (secondary N) is 2. The number of nitrogens with zero attached hydrogens (tertiary/aromatic N) is 3. The van der Waals surface area contributed by atoms with Crippen LogP contribution in [-0.2, 0) is 16.1 Å². The normalized spacial score (nSPS) is 10.9. The smallest absolute Gasteiger partial charge is 0.257 e. The fourth-order valence-electron chi connectivity index (χ4n) is 3.45. The molecule has 2 N–H and O–H groups in total. The molecule has 2 aromatic carbocycles. The van der Waals surface area contributed by atoms with Crippen molar-refractivity contribution in [2.24, 2.45) is 0 Å². The highest BCUT2D eigenvalue weighted by molar-refractivity contribution is 6.34. The van der Waals surface area contributed by atoms with E-state index in [1.54, 1.807) is 41.5 Å². The molecule has 33 heavy (non-hydrogen) atoms. The Bertz CT molecular complexity index is 1330. The predicted molar refractivity (Wildman–Crippen MR) is 127 cm³/mol. The van der Waals surface area contributed by atoms with Crippen LogP contribution in [0.15, 0.2) is 61.1 Å². The van der Waals surface area contributed by atoms with Gasteiger partial charge in [-0.15, -0.1) is 0 Å². The summed E-state index contributed by atoms with van der Waals surface area (Å²) in [6.07, 6.45) is 5.22. The van der Waals surface area contributed by atoms with Gasteiger partial charge in [-0.05, 0) is 48.4 Å². The van der Waals surface area contributed by atoms with Crippen LogP contribution in [0, 0.1) is 6.92 Å². The number of fused-ring (bicyclic) bond motifs is 1. The Labute approximate surface area is 195 Å². The van der Waals surface area contributed by atoms with E-state index in [1.807, 2.05) is 31.2 Å². The quantitative estimate of drug-likeness (QED) is 0.433. The minimum absolute atomic E-state index is 0.0305. The van der Waals surface area contributed by atoms with Crippen LogP contribution in [0.4, 0.5) is 5.69 Å². The number of methoxy groups -OCH3 is 1. The van der Waals surface area contributed by atoms with Gasteiger partial charge in [-0.1, -0.05) is 23.7 Å². The Hall–Kier alpha value is -3.75. The van der Waals surface area contributed by atoms with Crippen LogP contribution in [0.3, 0.4) is 0 Å². The number of benzene rings is 2. The third-order valence-electron chi connectivity index (χ3n) is 5.01. The maximum atomic E-state index is 13.1. The molecule has 9 heteroatoms. The molecule has 2 aromatic heterocycles. The zero-order chi connectivity index (χ0) is 23.4. The average molecular weight is 464 g/mol. The molecule has 0 bridgehead atoms. The lowest BCUT2D eigenvalue weighted by Crippen LogP contribution is -2.26. The molecule has 0 fully saturated rings. The van der Waals surface area contributed by atoms with Crippen molar-refractivity contribution < 1.29 is 14.3 Å². The largest absolute Gasteiger partial charge is 0.375 e. The van der Waals surface area contributed by atoms with Gasteiger partial charge in [0.2, 0.25) is 5.91 Å². The van der Waals surface area contributed by atoms with Crippen molar-refractivity contribution in [3.63, 3.8) is 0 Å². The summed E-state index contributed by atoms with van der Waals surface area (Å²) in [5.41, 5.74) is 4.35. The summed E-state index contributed by atoms with van der Waals surface area (Å²) in [6, 6.07) is 12.6. The predicted octanol–water partition coefficient (Wildman–Crippen LogP) is 3.90. The molecular weight excluding hydrogens is 442 g/mol. The number of hydrogen-bond donors (Lipinski definition) is 2. The lowest BCUT2D eigenvalue weighted by atomic mass is 10.1. The zero-order valence-corrected chi connectivity index (χ0v) is 18.9. The zero-order valence-electron chi connectivity index (χ0n) is 18.1. The molecule has 8 nitrogen and oxygen atoms in total. The number of carbonyl (C=O) groups is 2. The number of ether oxygens (including phenoxy) is 1. The summed E-state index contributed by atoms with van der Waals surface area (Å²) in [5.74, 6) is -0.603. The molecule has 0 radical (unpaired) electrons.